The van der Waals surface area contributed by atoms with E-state index in [4.69, 9.17) is 0 Å². The SMILES string of the molecule is CCNc1c(N(CCCN(C)C)CCCN(C)C)c(=O)c1=O. The van der Waals surface area contributed by atoms with Gasteiger partial charge in [0.1, 0.15) is 11.4 Å². The van der Waals surface area contributed by atoms with Gasteiger partial charge in [-0.25, -0.2) is 0 Å². The summed E-state index contributed by atoms with van der Waals surface area (Å²) in [5.74, 6) is 0. The van der Waals surface area contributed by atoms with Gasteiger partial charge in [-0.3, -0.25) is 9.59 Å². The van der Waals surface area contributed by atoms with Crippen LogP contribution in [-0.2, 0) is 0 Å². The van der Waals surface area contributed by atoms with Crippen molar-refractivity contribution in [2.24, 2.45) is 0 Å². The van der Waals surface area contributed by atoms with Crippen LogP contribution in [0.5, 0.6) is 0 Å². The third-order valence-electron chi connectivity index (χ3n) is 3.62. The third-order valence-corrected chi connectivity index (χ3v) is 3.62. The van der Waals surface area contributed by atoms with Gasteiger partial charge in [-0.05, 0) is 61.0 Å². The normalized spacial score (nSPS) is 11.6. The van der Waals surface area contributed by atoms with Gasteiger partial charge in [-0.1, -0.05) is 0 Å². The minimum atomic E-state index is -0.373. The molecule has 0 aliphatic rings. The van der Waals surface area contributed by atoms with Crippen molar-refractivity contribution in [1.29, 1.82) is 0 Å². The van der Waals surface area contributed by atoms with E-state index in [1.54, 1.807) is 0 Å². The molecule has 1 aromatic carbocycles. The summed E-state index contributed by atoms with van der Waals surface area (Å²) in [5, 5.41) is 3.04. The van der Waals surface area contributed by atoms with Gasteiger partial charge in [-0.2, -0.15) is 0 Å². The quantitative estimate of drug-likeness (QED) is 0.598. The van der Waals surface area contributed by atoms with Gasteiger partial charge in [0.25, 0.3) is 10.9 Å². The molecule has 126 valence electrons. The standard InChI is InChI=1S/C16H30N4O2/c1-6-17-13-14(16(22)15(13)21)20(11-7-9-18(2)3)12-8-10-19(4)5/h17H,6-12H2,1-5H3. The molecule has 0 aromatic heterocycles. The average Bonchev–Trinajstić information content (AvgIpc) is 2.45. The van der Waals surface area contributed by atoms with E-state index in [2.05, 4.69) is 20.0 Å². The van der Waals surface area contributed by atoms with Crippen LogP contribution in [0.2, 0.25) is 0 Å². The molecule has 0 atom stereocenters. The summed E-state index contributed by atoms with van der Waals surface area (Å²) < 4.78 is 0. The van der Waals surface area contributed by atoms with Crippen molar-refractivity contribution in [3.05, 3.63) is 20.4 Å². The molecular formula is C16H30N4O2. The van der Waals surface area contributed by atoms with Crippen LogP contribution in [0.25, 0.3) is 0 Å². The summed E-state index contributed by atoms with van der Waals surface area (Å²) in [6, 6.07) is 0. The maximum atomic E-state index is 12.0. The highest BCUT2D eigenvalue weighted by molar-refractivity contribution is 5.75. The van der Waals surface area contributed by atoms with Crippen molar-refractivity contribution in [3.8, 4) is 0 Å². The summed E-state index contributed by atoms with van der Waals surface area (Å²) in [4.78, 5) is 30.0. The minimum absolute atomic E-state index is 0.342. The summed E-state index contributed by atoms with van der Waals surface area (Å²) >= 11 is 0. The third kappa shape index (κ3) is 5.10. The van der Waals surface area contributed by atoms with Crippen molar-refractivity contribution in [1.82, 2.24) is 9.80 Å². The Kier molecular flexibility index (Phi) is 7.55. The number of nitrogens with one attached hydrogen (secondary N) is 1. The summed E-state index contributed by atoms with van der Waals surface area (Å²) in [5.41, 5.74) is 0.374. The first kappa shape index (κ1) is 18.6. The molecule has 0 spiro atoms. The molecule has 0 amide bonds. The van der Waals surface area contributed by atoms with Crippen molar-refractivity contribution >= 4 is 11.4 Å². The Morgan fingerprint density at radius 2 is 1.32 bits per heavy atom. The zero-order valence-corrected chi connectivity index (χ0v) is 14.6. The molecule has 1 aromatic rings. The second-order valence-corrected chi connectivity index (χ2v) is 6.21. The molecule has 0 fully saturated rings. The second-order valence-electron chi connectivity index (χ2n) is 6.21. The lowest BCUT2D eigenvalue weighted by Crippen LogP contribution is -2.44. The number of nitrogens with zero attached hydrogens (tertiary/aromatic N) is 3. The number of rotatable bonds is 11. The Labute approximate surface area is 133 Å². The van der Waals surface area contributed by atoms with E-state index < -0.39 is 0 Å². The highest BCUT2D eigenvalue weighted by Crippen LogP contribution is 2.20. The monoisotopic (exact) mass is 310 g/mol. The molecule has 0 saturated heterocycles. The van der Waals surface area contributed by atoms with Crippen LogP contribution < -0.4 is 21.1 Å². The Balaban J connectivity index is 2.77. The molecule has 0 heterocycles. The van der Waals surface area contributed by atoms with Crippen molar-refractivity contribution in [2.45, 2.75) is 19.8 Å². The first-order valence-corrected chi connectivity index (χ1v) is 8.00. The van der Waals surface area contributed by atoms with E-state index in [9.17, 15) is 9.59 Å². The van der Waals surface area contributed by atoms with Gasteiger partial charge in [0, 0.05) is 19.6 Å². The van der Waals surface area contributed by atoms with E-state index in [0.717, 1.165) is 39.0 Å². The average molecular weight is 310 g/mol. The molecule has 0 bridgehead atoms. The maximum Gasteiger partial charge on any atom is 0.253 e. The Morgan fingerprint density at radius 1 is 0.818 bits per heavy atom. The van der Waals surface area contributed by atoms with Crippen LogP contribution in [-0.4, -0.2) is 70.7 Å². The summed E-state index contributed by atoms with van der Waals surface area (Å²) in [7, 11) is 8.16. The van der Waals surface area contributed by atoms with Crippen LogP contribution in [0, 0.1) is 0 Å². The second kappa shape index (κ2) is 8.90. The molecule has 0 unspecified atom stereocenters. The predicted molar refractivity (Wildman–Crippen MR) is 94.1 cm³/mol. The molecule has 0 aliphatic carbocycles. The van der Waals surface area contributed by atoms with Gasteiger partial charge >= 0.3 is 0 Å². The number of anilines is 2. The zero-order chi connectivity index (χ0) is 16.7. The van der Waals surface area contributed by atoms with E-state index in [0.29, 0.717) is 17.9 Å². The van der Waals surface area contributed by atoms with Crippen LogP contribution in [0.15, 0.2) is 9.59 Å². The van der Waals surface area contributed by atoms with Crippen LogP contribution >= 0.6 is 0 Å². The largest absolute Gasteiger partial charge is 0.380 e. The van der Waals surface area contributed by atoms with Crippen LogP contribution in [0.3, 0.4) is 0 Å². The fraction of sp³-hybridized carbons (Fsp3) is 0.750. The van der Waals surface area contributed by atoms with Gasteiger partial charge in [0.05, 0.1) is 0 Å². The van der Waals surface area contributed by atoms with Crippen LogP contribution in [0.1, 0.15) is 19.8 Å². The fourth-order valence-corrected chi connectivity index (χ4v) is 2.51. The van der Waals surface area contributed by atoms with Crippen molar-refractivity contribution < 1.29 is 0 Å². The molecule has 0 aliphatic heterocycles. The predicted octanol–water partition coefficient (Wildman–Crippen LogP) is 0.424. The van der Waals surface area contributed by atoms with Gasteiger partial charge < -0.3 is 20.0 Å². The van der Waals surface area contributed by atoms with Crippen molar-refractivity contribution in [2.75, 3.05) is 71.1 Å². The summed E-state index contributed by atoms with van der Waals surface area (Å²) in [6.45, 7) is 6.13. The van der Waals surface area contributed by atoms with E-state index in [1.807, 2.05) is 35.1 Å². The highest BCUT2D eigenvalue weighted by atomic mass is 16.2. The lowest BCUT2D eigenvalue weighted by molar-refractivity contribution is 0.390. The van der Waals surface area contributed by atoms with E-state index >= 15 is 0 Å². The molecule has 6 heteroatoms. The Morgan fingerprint density at radius 3 is 1.73 bits per heavy atom. The van der Waals surface area contributed by atoms with Gasteiger partial charge in [0.15, 0.2) is 0 Å². The van der Waals surface area contributed by atoms with E-state index in [1.165, 1.54) is 0 Å². The lowest BCUT2D eigenvalue weighted by Gasteiger charge is -2.28. The lowest BCUT2D eigenvalue weighted by atomic mass is 10.1. The van der Waals surface area contributed by atoms with Crippen LogP contribution in [0.4, 0.5) is 11.4 Å². The molecule has 1 N–H and O–H groups in total. The number of hydrogen-bond acceptors (Lipinski definition) is 6. The van der Waals surface area contributed by atoms with Crippen molar-refractivity contribution in [3.63, 3.8) is 0 Å². The minimum Gasteiger partial charge on any atom is -0.380 e. The fourth-order valence-electron chi connectivity index (χ4n) is 2.51. The molecule has 0 saturated carbocycles. The Bertz CT molecular complexity index is 504. The molecule has 22 heavy (non-hydrogen) atoms. The smallest absolute Gasteiger partial charge is 0.253 e. The molecule has 0 radical (unpaired) electrons. The molecule has 1 rings (SSSR count). The highest BCUT2D eigenvalue weighted by Gasteiger charge is 2.25. The van der Waals surface area contributed by atoms with Gasteiger partial charge in [-0.15, -0.1) is 0 Å². The Hall–Kier alpha value is -1.40. The zero-order valence-electron chi connectivity index (χ0n) is 14.6. The molecule has 6 nitrogen and oxygen atoms in total. The molecular weight excluding hydrogens is 280 g/mol. The topological polar surface area (TPSA) is 55.9 Å². The van der Waals surface area contributed by atoms with E-state index in [-0.39, 0.29) is 10.9 Å². The first-order valence-electron chi connectivity index (χ1n) is 8.00. The van der Waals surface area contributed by atoms with Gasteiger partial charge in [0.2, 0.25) is 0 Å². The number of hydrogen-bond donors (Lipinski definition) is 1. The maximum absolute atomic E-state index is 12.0. The first-order chi connectivity index (χ1) is 10.4. The summed E-state index contributed by atoms with van der Waals surface area (Å²) in [6.07, 6.45) is 1.94.